The summed E-state index contributed by atoms with van der Waals surface area (Å²) < 4.78 is 12.0. The molecule has 1 rings (SSSR count). The van der Waals surface area contributed by atoms with Crippen molar-refractivity contribution < 1.29 is 14.0 Å². The second-order valence-corrected chi connectivity index (χ2v) is 12.6. The van der Waals surface area contributed by atoms with Gasteiger partial charge in [-0.05, 0) is 29.3 Å². The molecule has 24 heavy (non-hydrogen) atoms. The van der Waals surface area contributed by atoms with Gasteiger partial charge in [-0.1, -0.05) is 57.7 Å². The molecule has 1 atom stereocenters. The lowest BCUT2D eigenvalue weighted by molar-refractivity contribution is -0.108. The molecule has 0 fully saturated rings. The Kier molecular flexibility index (Phi) is 8.07. The Morgan fingerprint density at radius 3 is 2.42 bits per heavy atom. The first-order chi connectivity index (χ1) is 11.2. The Balaban J connectivity index is 2.51. The monoisotopic (exact) mass is 348 g/mol. The Bertz CT molecular complexity index is 517. The molecule has 0 aromatic heterocycles. The van der Waals surface area contributed by atoms with Crippen molar-refractivity contribution in [2.45, 2.75) is 51.9 Å². The molecule has 3 nitrogen and oxygen atoms in total. The third-order valence-electron chi connectivity index (χ3n) is 4.81. The summed E-state index contributed by atoms with van der Waals surface area (Å²) in [6.45, 7) is 16.8. The summed E-state index contributed by atoms with van der Waals surface area (Å²) in [6, 6.07) is 10.0. The zero-order valence-electron chi connectivity index (χ0n) is 15.8. The average molecular weight is 349 g/mol. The van der Waals surface area contributed by atoms with Crippen LogP contribution in [0.5, 0.6) is 0 Å². The van der Waals surface area contributed by atoms with Crippen LogP contribution in [0.25, 0.3) is 0 Å². The summed E-state index contributed by atoms with van der Waals surface area (Å²) in [5.41, 5.74) is 2.06. The highest BCUT2D eigenvalue weighted by Gasteiger charge is 2.37. The van der Waals surface area contributed by atoms with E-state index in [4.69, 9.17) is 9.16 Å². The third-order valence-corrected chi connectivity index (χ3v) is 9.31. The van der Waals surface area contributed by atoms with E-state index in [9.17, 15) is 4.79 Å². The van der Waals surface area contributed by atoms with Gasteiger partial charge in [-0.2, -0.15) is 0 Å². The molecule has 0 heterocycles. The van der Waals surface area contributed by atoms with Crippen molar-refractivity contribution in [1.29, 1.82) is 0 Å². The Morgan fingerprint density at radius 1 is 1.25 bits per heavy atom. The molecule has 0 aliphatic rings. The summed E-state index contributed by atoms with van der Waals surface area (Å²) in [5, 5.41) is 0.157. The minimum absolute atomic E-state index is 0.0207. The fourth-order valence-electron chi connectivity index (χ4n) is 1.99. The van der Waals surface area contributed by atoms with Gasteiger partial charge in [0, 0.05) is 18.9 Å². The largest absolute Gasteiger partial charge is 0.416 e. The summed E-state index contributed by atoms with van der Waals surface area (Å²) in [4.78, 5) is 11.0. The normalized spacial score (nSPS) is 13.5. The maximum atomic E-state index is 11.0. The predicted octanol–water partition coefficient (Wildman–Crippen LogP) is 4.99. The van der Waals surface area contributed by atoms with Crippen LogP contribution in [0.15, 0.2) is 42.5 Å². The topological polar surface area (TPSA) is 35.5 Å². The molecule has 0 bridgehead atoms. The van der Waals surface area contributed by atoms with Crippen LogP contribution in [0.3, 0.4) is 0 Å². The number of ether oxygens (including phenoxy) is 1. The molecule has 1 aromatic rings. The van der Waals surface area contributed by atoms with Crippen LogP contribution in [0, 0.1) is 5.92 Å². The first-order valence-corrected chi connectivity index (χ1v) is 11.4. The van der Waals surface area contributed by atoms with E-state index in [2.05, 4.69) is 40.4 Å². The van der Waals surface area contributed by atoms with Gasteiger partial charge in [0.15, 0.2) is 8.32 Å². The van der Waals surface area contributed by atoms with Crippen LogP contribution in [0.1, 0.15) is 32.8 Å². The second-order valence-electron chi connectivity index (χ2n) is 7.81. The van der Waals surface area contributed by atoms with Gasteiger partial charge in [-0.3, -0.25) is 0 Å². The molecule has 0 saturated carbocycles. The van der Waals surface area contributed by atoms with Gasteiger partial charge in [0.1, 0.15) is 6.29 Å². The van der Waals surface area contributed by atoms with E-state index >= 15 is 0 Å². The van der Waals surface area contributed by atoms with E-state index in [-0.39, 0.29) is 11.0 Å². The summed E-state index contributed by atoms with van der Waals surface area (Å²) in [6.07, 6.45) is 1.38. The fraction of sp³-hybridized carbons (Fsp3) is 0.550. The van der Waals surface area contributed by atoms with Crippen molar-refractivity contribution in [3.63, 3.8) is 0 Å². The van der Waals surface area contributed by atoms with Crippen molar-refractivity contribution >= 4 is 14.6 Å². The van der Waals surface area contributed by atoms with Crippen molar-refractivity contribution in [1.82, 2.24) is 0 Å². The third kappa shape index (κ3) is 6.71. The van der Waals surface area contributed by atoms with E-state index in [0.717, 1.165) is 17.4 Å². The fourth-order valence-corrected chi connectivity index (χ4v) is 3.04. The lowest BCUT2D eigenvalue weighted by Crippen LogP contribution is -2.42. The Labute approximate surface area is 148 Å². The zero-order chi connectivity index (χ0) is 18.2. The van der Waals surface area contributed by atoms with Gasteiger partial charge in [0.2, 0.25) is 0 Å². The summed E-state index contributed by atoms with van der Waals surface area (Å²) in [7, 11) is -1.82. The first kappa shape index (κ1) is 20.8. The second kappa shape index (κ2) is 9.30. The molecular weight excluding hydrogens is 316 g/mol. The number of carbonyl (C=O) groups excluding carboxylic acids is 1. The van der Waals surface area contributed by atoms with E-state index in [0.29, 0.717) is 26.2 Å². The van der Waals surface area contributed by atoms with Crippen molar-refractivity contribution in [2.75, 3.05) is 13.2 Å². The van der Waals surface area contributed by atoms with Gasteiger partial charge >= 0.3 is 0 Å². The van der Waals surface area contributed by atoms with Gasteiger partial charge < -0.3 is 14.0 Å². The highest BCUT2D eigenvalue weighted by atomic mass is 28.4. The maximum Gasteiger partial charge on any atom is 0.192 e. The molecular formula is C20H32O3Si. The van der Waals surface area contributed by atoms with Crippen LogP contribution in [-0.2, 0) is 20.6 Å². The van der Waals surface area contributed by atoms with E-state index < -0.39 is 8.32 Å². The molecule has 0 aliphatic carbocycles. The van der Waals surface area contributed by atoms with E-state index in [1.54, 1.807) is 0 Å². The summed E-state index contributed by atoms with van der Waals surface area (Å²) in [5.74, 6) is 0.0207. The molecule has 1 aromatic carbocycles. The van der Waals surface area contributed by atoms with Crippen molar-refractivity contribution in [3.8, 4) is 0 Å². The number of hydrogen-bond donors (Lipinski definition) is 0. The molecule has 134 valence electrons. The smallest absolute Gasteiger partial charge is 0.192 e. The molecule has 0 radical (unpaired) electrons. The van der Waals surface area contributed by atoms with Crippen LogP contribution in [-0.4, -0.2) is 27.8 Å². The minimum Gasteiger partial charge on any atom is -0.416 e. The number of hydrogen-bond acceptors (Lipinski definition) is 3. The Hall–Kier alpha value is -1.23. The number of benzene rings is 1. The van der Waals surface area contributed by atoms with Gasteiger partial charge in [0.25, 0.3) is 0 Å². The van der Waals surface area contributed by atoms with Gasteiger partial charge in [-0.15, -0.1) is 0 Å². The highest BCUT2D eigenvalue weighted by molar-refractivity contribution is 6.74. The van der Waals surface area contributed by atoms with Gasteiger partial charge in [-0.25, -0.2) is 0 Å². The molecule has 0 N–H and O–H groups in total. The van der Waals surface area contributed by atoms with E-state index in [1.807, 2.05) is 30.3 Å². The predicted molar refractivity (Wildman–Crippen MR) is 103 cm³/mol. The first-order valence-electron chi connectivity index (χ1n) is 8.54. The molecule has 0 amide bonds. The molecule has 4 heteroatoms. The SMILES string of the molecule is C=C(COCc1ccccc1)C(CC=O)CO[Si](C)(C)C(C)(C)C. The lowest BCUT2D eigenvalue weighted by Gasteiger charge is -2.37. The minimum atomic E-state index is -1.82. The molecule has 0 spiro atoms. The van der Waals surface area contributed by atoms with Crippen LogP contribution >= 0.6 is 0 Å². The van der Waals surface area contributed by atoms with Crippen molar-refractivity contribution in [2.24, 2.45) is 5.92 Å². The van der Waals surface area contributed by atoms with Gasteiger partial charge in [0.05, 0.1) is 13.2 Å². The standard InChI is InChI=1S/C20H32O3Si/c1-17(14-22-15-18-10-8-7-9-11-18)19(12-13-21)16-23-24(5,6)20(2,3)4/h7-11,13,19H,1,12,14-16H2,2-6H3. The summed E-state index contributed by atoms with van der Waals surface area (Å²) >= 11 is 0. The maximum absolute atomic E-state index is 11.0. The number of aldehydes is 1. The molecule has 0 aliphatic heterocycles. The number of carbonyl (C=O) groups is 1. The lowest BCUT2D eigenvalue weighted by atomic mass is 9.99. The quantitative estimate of drug-likeness (QED) is 0.339. The van der Waals surface area contributed by atoms with Crippen LogP contribution in [0.2, 0.25) is 18.1 Å². The van der Waals surface area contributed by atoms with Crippen LogP contribution in [0.4, 0.5) is 0 Å². The highest BCUT2D eigenvalue weighted by Crippen LogP contribution is 2.37. The molecule has 1 unspecified atom stereocenters. The zero-order valence-corrected chi connectivity index (χ0v) is 16.8. The van der Waals surface area contributed by atoms with Crippen LogP contribution < -0.4 is 0 Å². The number of rotatable bonds is 10. The Morgan fingerprint density at radius 2 is 1.88 bits per heavy atom. The average Bonchev–Trinajstić information content (AvgIpc) is 2.51. The van der Waals surface area contributed by atoms with Crippen molar-refractivity contribution in [3.05, 3.63) is 48.0 Å². The van der Waals surface area contributed by atoms with E-state index in [1.165, 1.54) is 0 Å². The molecule has 0 saturated heterocycles.